The van der Waals surface area contributed by atoms with E-state index in [1.807, 2.05) is 60.7 Å². The number of fused-ring (bicyclic) bond motifs is 1. The molecule has 0 bridgehead atoms. The molecule has 3 aromatic carbocycles. The number of carbonyl (C=O) groups excluding carboxylic acids is 1. The summed E-state index contributed by atoms with van der Waals surface area (Å²) in [5, 5.41) is 3.52. The lowest BCUT2D eigenvalue weighted by molar-refractivity contribution is -0.116. The van der Waals surface area contributed by atoms with E-state index in [9.17, 15) is 13.2 Å². The van der Waals surface area contributed by atoms with Gasteiger partial charge in [-0.3, -0.25) is 4.79 Å². The van der Waals surface area contributed by atoms with Crippen LogP contribution in [0, 0.1) is 0 Å². The Balaban J connectivity index is 1.59. The van der Waals surface area contributed by atoms with Crippen molar-refractivity contribution in [1.29, 1.82) is 0 Å². The van der Waals surface area contributed by atoms with E-state index in [0.29, 0.717) is 22.5 Å². The molecule has 6 heteroatoms. The van der Waals surface area contributed by atoms with Crippen LogP contribution in [-0.4, -0.2) is 18.9 Å². The third-order valence-electron chi connectivity index (χ3n) is 5.46. The molecule has 164 valence electrons. The first kappa shape index (κ1) is 21.8. The molecule has 5 nitrogen and oxygen atoms in total. The molecule has 0 atom stereocenters. The van der Waals surface area contributed by atoms with Gasteiger partial charge in [-0.25, -0.2) is 8.42 Å². The summed E-state index contributed by atoms with van der Waals surface area (Å²) in [4.78, 5) is 13.0. The first-order valence-electron chi connectivity index (χ1n) is 10.6. The number of hydrogen-bond donors (Lipinski definition) is 1. The number of rotatable bonds is 7. The van der Waals surface area contributed by atoms with Gasteiger partial charge < -0.3 is 9.88 Å². The summed E-state index contributed by atoms with van der Waals surface area (Å²) < 4.78 is 28.1. The molecule has 0 radical (unpaired) electrons. The van der Waals surface area contributed by atoms with Crippen molar-refractivity contribution in [2.45, 2.75) is 37.0 Å². The number of benzene rings is 3. The van der Waals surface area contributed by atoms with Gasteiger partial charge in [-0.2, -0.15) is 0 Å². The normalized spacial score (nSPS) is 11.7. The smallest absolute Gasteiger partial charge is 0.244 e. The highest BCUT2D eigenvalue weighted by Crippen LogP contribution is 2.28. The Morgan fingerprint density at radius 1 is 0.906 bits per heavy atom. The molecule has 1 N–H and O–H groups in total. The highest BCUT2D eigenvalue weighted by Gasteiger charge is 2.22. The Morgan fingerprint density at radius 3 is 2.25 bits per heavy atom. The van der Waals surface area contributed by atoms with Gasteiger partial charge in [0.2, 0.25) is 5.91 Å². The molecule has 32 heavy (non-hydrogen) atoms. The van der Waals surface area contributed by atoms with E-state index in [1.165, 1.54) is 5.56 Å². The average Bonchev–Trinajstić information content (AvgIpc) is 3.14. The number of sulfone groups is 1. The van der Waals surface area contributed by atoms with Gasteiger partial charge in [-0.1, -0.05) is 74.5 Å². The van der Waals surface area contributed by atoms with E-state index < -0.39 is 9.84 Å². The van der Waals surface area contributed by atoms with Gasteiger partial charge in [0.1, 0.15) is 6.54 Å². The number of aromatic nitrogens is 1. The predicted molar refractivity (Wildman–Crippen MR) is 128 cm³/mol. The number of nitrogens with zero attached hydrogens (tertiary/aromatic N) is 1. The molecule has 0 aliphatic rings. The zero-order valence-electron chi connectivity index (χ0n) is 18.2. The maximum atomic E-state index is 13.2. The van der Waals surface area contributed by atoms with Gasteiger partial charge in [0, 0.05) is 22.8 Å². The highest BCUT2D eigenvalue weighted by atomic mass is 32.2. The molecule has 0 unspecified atom stereocenters. The molecule has 1 aromatic heterocycles. The first-order valence-corrected chi connectivity index (χ1v) is 12.2. The quantitative estimate of drug-likeness (QED) is 0.415. The van der Waals surface area contributed by atoms with Crippen molar-refractivity contribution in [2.75, 3.05) is 5.32 Å². The Labute approximate surface area is 188 Å². The van der Waals surface area contributed by atoms with Crippen LogP contribution in [0.3, 0.4) is 0 Å². The molecule has 0 saturated carbocycles. The zero-order chi connectivity index (χ0) is 22.7. The second-order valence-electron chi connectivity index (χ2n) is 8.21. The van der Waals surface area contributed by atoms with Crippen LogP contribution in [0.1, 0.15) is 30.9 Å². The SMILES string of the molecule is CC(C)c1ccc(NC(=O)Cn2cc(S(=O)(=O)Cc3ccccc3)c3ccccc32)cc1. The number of anilines is 1. The van der Waals surface area contributed by atoms with Gasteiger partial charge >= 0.3 is 0 Å². The van der Waals surface area contributed by atoms with E-state index in [-0.39, 0.29) is 23.1 Å². The third kappa shape index (κ3) is 4.75. The van der Waals surface area contributed by atoms with E-state index in [4.69, 9.17) is 0 Å². The van der Waals surface area contributed by atoms with E-state index in [0.717, 1.165) is 5.56 Å². The summed E-state index contributed by atoms with van der Waals surface area (Å²) in [5.41, 5.74) is 3.36. The van der Waals surface area contributed by atoms with E-state index >= 15 is 0 Å². The van der Waals surface area contributed by atoms with E-state index in [2.05, 4.69) is 19.2 Å². The Hall–Kier alpha value is -3.38. The van der Waals surface area contributed by atoms with Gasteiger partial charge in [-0.05, 0) is 35.2 Å². The molecule has 1 amide bonds. The standard InChI is InChI=1S/C26H26N2O3S/c1-19(2)21-12-14-22(15-13-21)27-26(29)17-28-16-25(23-10-6-7-11-24(23)28)32(30,31)18-20-8-4-3-5-9-20/h3-16,19H,17-18H2,1-2H3,(H,27,29). The fraction of sp³-hybridized carbons (Fsp3) is 0.192. The Bertz CT molecular complexity index is 1340. The molecular formula is C26H26N2O3S. The van der Waals surface area contributed by atoms with Crippen LogP contribution in [0.2, 0.25) is 0 Å². The second kappa shape index (κ2) is 9.01. The van der Waals surface area contributed by atoms with Crippen molar-refractivity contribution in [3.63, 3.8) is 0 Å². The average molecular weight is 447 g/mol. The first-order chi connectivity index (χ1) is 15.3. The zero-order valence-corrected chi connectivity index (χ0v) is 19.0. The minimum absolute atomic E-state index is 0.0211. The number of hydrogen-bond acceptors (Lipinski definition) is 3. The highest BCUT2D eigenvalue weighted by molar-refractivity contribution is 7.90. The largest absolute Gasteiger partial charge is 0.337 e. The van der Waals surface area contributed by atoms with Gasteiger partial charge in [0.15, 0.2) is 9.84 Å². The number of nitrogens with one attached hydrogen (secondary N) is 1. The minimum atomic E-state index is -3.58. The van der Waals surface area contributed by atoms with Gasteiger partial charge in [0.05, 0.1) is 10.6 Å². The van der Waals surface area contributed by atoms with Gasteiger partial charge in [-0.15, -0.1) is 0 Å². The maximum Gasteiger partial charge on any atom is 0.244 e. The van der Waals surface area contributed by atoms with Crippen LogP contribution in [0.4, 0.5) is 5.69 Å². The summed E-state index contributed by atoms with van der Waals surface area (Å²) in [6, 6.07) is 24.2. The van der Waals surface area contributed by atoms with Gasteiger partial charge in [0.25, 0.3) is 0 Å². The van der Waals surface area contributed by atoms with Crippen LogP contribution in [0.5, 0.6) is 0 Å². The van der Waals surface area contributed by atoms with Crippen molar-refractivity contribution in [3.8, 4) is 0 Å². The Morgan fingerprint density at radius 2 is 1.56 bits per heavy atom. The lowest BCUT2D eigenvalue weighted by Gasteiger charge is -2.09. The predicted octanol–water partition coefficient (Wildman–Crippen LogP) is 5.38. The van der Waals surface area contributed by atoms with Crippen molar-refractivity contribution in [2.24, 2.45) is 0 Å². The maximum absolute atomic E-state index is 13.2. The van der Waals surface area contributed by atoms with Crippen molar-refractivity contribution >= 4 is 32.3 Å². The number of carbonyl (C=O) groups is 1. The molecular weight excluding hydrogens is 420 g/mol. The molecule has 4 aromatic rings. The topological polar surface area (TPSA) is 68.2 Å². The van der Waals surface area contributed by atoms with Crippen LogP contribution >= 0.6 is 0 Å². The monoisotopic (exact) mass is 446 g/mol. The Kier molecular flexibility index (Phi) is 6.15. The number of amides is 1. The van der Waals surface area contributed by atoms with Crippen LogP contribution in [0.25, 0.3) is 10.9 Å². The van der Waals surface area contributed by atoms with Crippen molar-refractivity contribution in [3.05, 3.63) is 96.2 Å². The summed E-state index contributed by atoms with van der Waals surface area (Å²) in [6.45, 7) is 4.26. The van der Waals surface area contributed by atoms with Crippen molar-refractivity contribution < 1.29 is 13.2 Å². The fourth-order valence-corrected chi connectivity index (χ4v) is 5.35. The minimum Gasteiger partial charge on any atom is -0.337 e. The molecule has 1 heterocycles. The summed E-state index contributed by atoms with van der Waals surface area (Å²) in [7, 11) is -3.58. The summed E-state index contributed by atoms with van der Waals surface area (Å²) in [5.74, 6) is 0.119. The molecule has 0 fully saturated rings. The molecule has 4 rings (SSSR count). The third-order valence-corrected chi connectivity index (χ3v) is 7.17. The second-order valence-corrected chi connectivity index (χ2v) is 10.2. The fourth-order valence-electron chi connectivity index (χ4n) is 3.77. The lowest BCUT2D eigenvalue weighted by atomic mass is 10.0. The summed E-state index contributed by atoms with van der Waals surface area (Å²) >= 11 is 0. The number of para-hydroxylation sites is 1. The molecule has 0 saturated heterocycles. The molecule has 0 aliphatic heterocycles. The molecule has 0 spiro atoms. The van der Waals surface area contributed by atoms with Crippen molar-refractivity contribution in [1.82, 2.24) is 4.57 Å². The lowest BCUT2D eigenvalue weighted by Crippen LogP contribution is -2.18. The van der Waals surface area contributed by atoms with E-state index in [1.54, 1.807) is 29.0 Å². The summed E-state index contributed by atoms with van der Waals surface area (Å²) in [6.07, 6.45) is 1.57. The molecule has 0 aliphatic carbocycles. The van der Waals surface area contributed by atoms with Crippen LogP contribution < -0.4 is 5.32 Å². The van der Waals surface area contributed by atoms with Crippen LogP contribution in [-0.2, 0) is 26.9 Å². The van der Waals surface area contributed by atoms with Crippen LogP contribution in [0.15, 0.2) is 90.0 Å².